The summed E-state index contributed by atoms with van der Waals surface area (Å²) in [6.07, 6.45) is 0. The van der Waals surface area contributed by atoms with Gasteiger partial charge < -0.3 is 9.63 Å². The molecule has 0 aliphatic rings. The highest BCUT2D eigenvalue weighted by molar-refractivity contribution is 6.33. The molecule has 0 saturated carbocycles. The molecular formula is C15H10ClFN2O2. The summed E-state index contributed by atoms with van der Waals surface area (Å²) in [5.74, 6) is 0.0874. The molecular weight excluding hydrogens is 295 g/mol. The lowest BCUT2D eigenvalue weighted by Gasteiger charge is -2.00. The van der Waals surface area contributed by atoms with Gasteiger partial charge in [0.1, 0.15) is 11.6 Å². The van der Waals surface area contributed by atoms with Gasteiger partial charge in [-0.1, -0.05) is 22.8 Å². The Morgan fingerprint density at radius 3 is 2.76 bits per heavy atom. The van der Waals surface area contributed by atoms with E-state index in [9.17, 15) is 9.50 Å². The van der Waals surface area contributed by atoms with Crippen LogP contribution in [0.2, 0.25) is 5.02 Å². The van der Waals surface area contributed by atoms with Gasteiger partial charge in [-0.05, 0) is 42.8 Å². The number of aryl methyl sites for hydroxylation is 1. The van der Waals surface area contributed by atoms with E-state index in [1.807, 2.05) is 6.92 Å². The van der Waals surface area contributed by atoms with Crippen LogP contribution in [0.15, 0.2) is 40.9 Å². The molecule has 4 nitrogen and oxygen atoms in total. The molecule has 1 heterocycles. The molecule has 0 atom stereocenters. The molecule has 0 aliphatic carbocycles. The Bertz CT molecular complexity index is 751. The summed E-state index contributed by atoms with van der Waals surface area (Å²) in [6.45, 7) is 1.83. The van der Waals surface area contributed by atoms with Crippen molar-refractivity contribution in [2.75, 3.05) is 0 Å². The smallest absolute Gasteiger partial charge is 0.259 e. The second kappa shape index (κ2) is 5.18. The van der Waals surface area contributed by atoms with Gasteiger partial charge in [0.25, 0.3) is 5.89 Å². The molecule has 2 aromatic carbocycles. The largest absolute Gasteiger partial charge is 0.508 e. The van der Waals surface area contributed by atoms with E-state index in [1.165, 1.54) is 30.3 Å². The lowest BCUT2D eigenvalue weighted by atomic mass is 10.1. The maximum Gasteiger partial charge on any atom is 0.259 e. The van der Waals surface area contributed by atoms with Crippen LogP contribution in [-0.4, -0.2) is 15.2 Å². The van der Waals surface area contributed by atoms with Gasteiger partial charge in [-0.2, -0.15) is 4.98 Å². The van der Waals surface area contributed by atoms with Gasteiger partial charge in [0.15, 0.2) is 0 Å². The SMILES string of the molecule is Cc1ccc(F)cc1-c1noc(-c2cc(O)ccc2Cl)n1. The first-order chi connectivity index (χ1) is 10.0. The van der Waals surface area contributed by atoms with Crippen molar-refractivity contribution in [1.29, 1.82) is 0 Å². The number of nitrogens with zero attached hydrogens (tertiary/aromatic N) is 2. The molecule has 0 radical (unpaired) electrons. The zero-order valence-corrected chi connectivity index (χ0v) is 11.7. The van der Waals surface area contributed by atoms with Crippen LogP contribution in [0.4, 0.5) is 4.39 Å². The fourth-order valence-electron chi connectivity index (χ4n) is 1.95. The summed E-state index contributed by atoms with van der Waals surface area (Å²) in [4.78, 5) is 4.21. The van der Waals surface area contributed by atoms with Gasteiger partial charge in [-0.3, -0.25) is 0 Å². The maximum absolute atomic E-state index is 13.3. The van der Waals surface area contributed by atoms with Gasteiger partial charge in [0.2, 0.25) is 5.82 Å². The van der Waals surface area contributed by atoms with Crippen molar-refractivity contribution in [2.45, 2.75) is 6.92 Å². The molecule has 3 aromatic rings. The third kappa shape index (κ3) is 2.60. The van der Waals surface area contributed by atoms with Gasteiger partial charge in [-0.25, -0.2) is 4.39 Å². The molecule has 6 heteroatoms. The van der Waals surface area contributed by atoms with E-state index in [2.05, 4.69) is 10.1 Å². The van der Waals surface area contributed by atoms with E-state index in [0.29, 0.717) is 16.1 Å². The van der Waals surface area contributed by atoms with E-state index in [1.54, 1.807) is 6.07 Å². The lowest BCUT2D eigenvalue weighted by Crippen LogP contribution is -1.87. The Morgan fingerprint density at radius 2 is 1.95 bits per heavy atom. The normalized spacial score (nSPS) is 10.8. The number of rotatable bonds is 2. The first-order valence-corrected chi connectivity index (χ1v) is 6.51. The number of benzene rings is 2. The highest BCUT2D eigenvalue weighted by atomic mass is 35.5. The van der Waals surface area contributed by atoms with Gasteiger partial charge >= 0.3 is 0 Å². The Hall–Kier alpha value is -2.40. The monoisotopic (exact) mass is 304 g/mol. The molecule has 21 heavy (non-hydrogen) atoms. The van der Waals surface area contributed by atoms with Crippen molar-refractivity contribution < 1.29 is 14.0 Å². The molecule has 1 N–H and O–H groups in total. The first-order valence-electron chi connectivity index (χ1n) is 6.14. The third-order valence-corrected chi connectivity index (χ3v) is 3.38. The highest BCUT2D eigenvalue weighted by Gasteiger charge is 2.15. The quantitative estimate of drug-likeness (QED) is 0.770. The highest BCUT2D eigenvalue weighted by Crippen LogP contribution is 2.31. The van der Waals surface area contributed by atoms with E-state index in [0.717, 1.165) is 5.56 Å². The van der Waals surface area contributed by atoms with Crippen LogP contribution in [0.3, 0.4) is 0 Å². The number of hydrogen-bond acceptors (Lipinski definition) is 4. The second-order valence-corrected chi connectivity index (χ2v) is 4.95. The Labute approximate surface area is 124 Å². The molecule has 3 rings (SSSR count). The van der Waals surface area contributed by atoms with Crippen molar-refractivity contribution >= 4 is 11.6 Å². The van der Waals surface area contributed by atoms with Gasteiger partial charge in [0, 0.05) is 5.56 Å². The van der Waals surface area contributed by atoms with E-state index >= 15 is 0 Å². The average Bonchev–Trinajstić information content (AvgIpc) is 2.93. The fraction of sp³-hybridized carbons (Fsp3) is 0.0667. The zero-order chi connectivity index (χ0) is 15.0. The van der Waals surface area contributed by atoms with Gasteiger partial charge in [-0.15, -0.1) is 0 Å². The van der Waals surface area contributed by atoms with Crippen molar-refractivity contribution in [3.8, 4) is 28.6 Å². The van der Waals surface area contributed by atoms with E-state index in [-0.39, 0.29) is 23.3 Å². The summed E-state index contributed by atoms with van der Waals surface area (Å²) in [5.41, 5.74) is 1.79. The number of phenols is 1. The Morgan fingerprint density at radius 1 is 1.14 bits per heavy atom. The fourth-order valence-corrected chi connectivity index (χ4v) is 2.15. The molecule has 0 bridgehead atoms. The molecule has 0 amide bonds. The number of aromatic hydroxyl groups is 1. The van der Waals surface area contributed by atoms with Crippen LogP contribution in [0.5, 0.6) is 5.75 Å². The van der Waals surface area contributed by atoms with Crippen LogP contribution in [-0.2, 0) is 0 Å². The van der Waals surface area contributed by atoms with Crippen molar-refractivity contribution in [1.82, 2.24) is 10.1 Å². The predicted molar refractivity (Wildman–Crippen MR) is 76.5 cm³/mol. The lowest BCUT2D eigenvalue weighted by molar-refractivity contribution is 0.431. The minimum absolute atomic E-state index is 0.0380. The zero-order valence-electron chi connectivity index (χ0n) is 11.0. The number of halogens is 2. The summed E-state index contributed by atoms with van der Waals surface area (Å²) >= 11 is 6.04. The minimum Gasteiger partial charge on any atom is -0.508 e. The maximum atomic E-state index is 13.3. The standard InChI is InChI=1S/C15H10ClFN2O2/c1-8-2-3-9(17)6-11(8)14-18-15(21-19-14)12-7-10(20)4-5-13(12)16/h2-7,20H,1H3. The molecule has 106 valence electrons. The predicted octanol–water partition coefficient (Wildman–Crippen LogP) is 4.21. The van der Waals surface area contributed by atoms with E-state index < -0.39 is 0 Å². The summed E-state index contributed by atoms with van der Waals surface area (Å²) in [7, 11) is 0. The third-order valence-electron chi connectivity index (χ3n) is 3.05. The van der Waals surface area contributed by atoms with Crippen LogP contribution < -0.4 is 0 Å². The molecule has 0 fully saturated rings. The van der Waals surface area contributed by atoms with Crippen molar-refractivity contribution in [3.63, 3.8) is 0 Å². The number of phenolic OH excluding ortho intramolecular Hbond substituents is 1. The van der Waals surface area contributed by atoms with Crippen LogP contribution in [0.1, 0.15) is 5.56 Å². The van der Waals surface area contributed by atoms with Crippen molar-refractivity contribution in [2.24, 2.45) is 0 Å². The molecule has 0 unspecified atom stereocenters. The number of hydrogen-bond donors (Lipinski definition) is 1. The Kier molecular flexibility index (Phi) is 3.35. The van der Waals surface area contributed by atoms with Crippen LogP contribution in [0.25, 0.3) is 22.8 Å². The topological polar surface area (TPSA) is 59.2 Å². The minimum atomic E-state index is -0.377. The van der Waals surface area contributed by atoms with E-state index in [4.69, 9.17) is 16.1 Å². The van der Waals surface area contributed by atoms with Crippen molar-refractivity contribution in [3.05, 3.63) is 52.8 Å². The molecule has 0 spiro atoms. The summed E-state index contributed by atoms with van der Waals surface area (Å²) in [5, 5.41) is 13.7. The van der Waals surface area contributed by atoms with Crippen LogP contribution in [0, 0.1) is 12.7 Å². The molecule has 0 aliphatic heterocycles. The molecule has 0 saturated heterocycles. The Balaban J connectivity index is 2.08. The summed E-state index contributed by atoms with van der Waals surface area (Å²) in [6, 6.07) is 8.77. The summed E-state index contributed by atoms with van der Waals surface area (Å²) < 4.78 is 18.5. The first kappa shape index (κ1) is 13.6. The van der Waals surface area contributed by atoms with Crippen LogP contribution >= 0.6 is 11.6 Å². The number of aromatic nitrogens is 2. The second-order valence-electron chi connectivity index (χ2n) is 4.55. The van der Waals surface area contributed by atoms with Gasteiger partial charge in [0.05, 0.1) is 10.6 Å². The average molecular weight is 305 g/mol. The molecule has 1 aromatic heterocycles.